The topological polar surface area (TPSA) is 51.0 Å². The van der Waals surface area contributed by atoms with E-state index >= 15 is 0 Å². The number of thioether (sulfide) groups is 1. The van der Waals surface area contributed by atoms with Crippen LogP contribution in [0.25, 0.3) is 6.08 Å². The lowest BCUT2D eigenvalue weighted by Crippen LogP contribution is -2.52. The van der Waals surface area contributed by atoms with Gasteiger partial charge >= 0.3 is 0 Å². The third kappa shape index (κ3) is 5.87. The van der Waals surface area contributed by atoms with E-state index in [9.17, 15) is 4.79 Å². The number of benzene rings is 3. The Labute approximate surface area is 251 Å². The van der Waals surface area contributed by atoms with Crippen molar-refractivity contribution >= 4 is 23.0 Å². The van der Waals surface area contributed by atoms with Crippen molar-refractivity contribution in [3.63, 3.8) is 0 Å². The van der Waals surface area contributed by atoms with E-state index in [2.05, 4.69) is 107 Å². The monoisotopic (exact) mass is 570 g/mol. The van der Waals surface area contributed by atoms with Crippen LogP contribution in [0.3, 0.4) is 0 Å². The number of pyridine rings is 1. The molecular weight excluding hydrogens is 536 g/mol. The van der Waals surface area contributed by atoms with E-state index in [0.29, 0.717) is 13.1 Å². The molecule has 2 aromatic heterocycles. The summed E-state index contributed by atoms with van der Waals surface area (Å²) < 4.78 is 1.92. The normalized spacial score (nSPS) is 16.9. The van der Waals surface area contributed by atoms with E-state index in [1.54, 1.807) is 13.1 Å². The smallest absolute Gasteiger partial charge is 0.186 e. The molecule has 5 aromatic rings. The molecule has 1 saturated heterocycles. The van der Waals surface area contributed by atoms with Crippen molar-refractivity contribution in [3.8, 4) is 0 Å². The van der Waals surface area contributed by atoms with Crippen LogP contribution in [0.1, 0.15) is 41.4 Å². The zero-order valence-electron chi connectivity index (χ0n) is 23.7. The number of likely N-dealkylation sites (tertiary alicyclic amines) is 1. The van der Waals surface area contributed by atoms with Crippen LogP contribution in [-0.4, -0.2) is 43.1 Å². The number of carbonyl (C=O) groups is 1. The van der Waals surface area contributed by atoms with Crippen LogP contribution in [0, 0.1) is 0 Å². The quantitative estimate of drug-likeness (QED) is 0.187. The third-order valence-electron chi connectivity index (χ3n) is 7.85. The highest BCUT2D eigenvalue weighted by molar-refractivity contribution is 8.14. The Bertz CT molecular complexity index is 1540. The summed E-state index contributed by atoms with van der Waals surface area (Å²) >= 11 is 1.43. The molecule has 1 unspecified atom stereocenters. The second-order valence-corrected chi connectivity index (χ2v) is 12.0. The van der Waals surface area contributed by atoms with Crippen molar-refractivity contribution < 1.29 is 4.79 Å². The number of carbonyl (C=O) groups excluding carboxylic acids is 1. The molecule has 3 aromatic carbocycles. The minimum Gasteiger partial charge on any atom is -0.288 e. The van der Waals surface area contributed by atoms with Gasteiger partial charge in [-0.3, -0.25) is 19.4 Å². The van der Waals surface area contributed by atoms with Gasteiger partial charge < -0.3 is 0 Å². The highest BCUT2D eigenvalue weighted by Crippen LogP contribution is 2.45. The summed E-state index contributed by atoms with van der Waals surface area (Å²) in [5.41, 5.74) is 6.22. The summed E-state index contributed by atoms with van der Waals surface area (Å²) in [5.74, 6) is 0. The van der Waals surface area contributed by atoms with Crippen molar-refractivity contribution in [3.05, 3.63) is 161 Å². The number of nitrogens with zero attached hydrogens (tertiary/aromatic N) is 4. The average Bonchev–Trinajstić information content (AvgIpc) is 3.47. The molecule has 0 N–H and O–H groups in total. The van der Waals surface area contributed by atoms with Gasteiger partial charge in [-0.2, -0.15) is 5.10 Å². The molecule has 0 aliphatic carbocycles. The molecule has 0 radical (unpaired) electrons. The predicted molar refractivity (Wildman–Crippen MR) is 171 cm³/mol. The van der Waals surface area contributed by atoms with E-state index < -0.39 is 5.54 Å². The Balaban J connectivity index is 1.43. The maximum absolute atomic E-state index is 12.4. The molecular formula is C36H34N4OS. The molecule has 1 aliphatic heterocycles. The highest BCUT2D eigenvalue weighted by Gasteiger charge is 2.44. The van der Waals surface area contributed by atoms with Gasteiger partial charge in [0, 0.05) is 37.7 Å². The Hall–Kier alpha value is -4.26. The highest BCUT2D eigenvalue weighted by atomic mass is 32.2. The van der Waals surface area contributed by atoms with Gasteiger partial charge in [0.05, 0.1) is 23.5 Å². The van der Waals surface area contributed by atoms with Crippen molar-refractivity contribution in [2.75, 3.05) is 13.1 Å². The molecule has 1 aliphatic rings. The van der Waals surface area contributed by atoms with Gasteiger partial charge in [-0.25, -0.2) is 0 Å². The summed E-state index contributed by atoms with van der Waals surface area (Å²) in [5, 5.41) is 5.10. The second kappa shape index (κ2) is 12.7. The van der Waals surface area contributed by atoms with Crippen LogP contribution in [0.4, 0.5) is 0 Å². The molecule has 0 spiro atoms. The first-order chi connectivity index (χ1) is 20.6. The second-order valence-electron chi connectivity index (χ2n) is 10.6. The lowest BCUT2D eigenvalue weighted by Gasteiger charge is -2.49. The van der Waals surface area contributed by atoms with Crippen LogP contribution in [0.5, 0.6) is 0 Å². The fraction of sp³-hybridized carbons (Fsp3) is 0.194. The molecule has 0 saturated carbocycles. The van der Waals surface area contributed by atoms with Crippen molar-refractivity contribution in [2.24, 2.45) is 0 Å². The Morgan fingerprint density at radius 3 is 2.00 bits per heavy atom. The molecule has 6 rings (SSSR count). The van der Waals surface area contributed by atoms with Gasteiger partial charge in [-0.05, 0) is 53.0 Å². The molecule has 3 heterocycles. The molecule has 1 fully saturated rings. The number of hydrogen-bond donors (Lipinski definition) is 0. The van der Waals surface area contributed by atoms with Gasteiger partial charge in [0.25, 0.3) is 0 Å². The number of hydrogen-bond acceptors (Lipinski definition) is 5. The minimum absolute atomic E-state index is 0.0970. The van der Waals surface area contributed by atoms with E-state index in [1.165, 1.54) is 34.0 Å². The zero-order valence-corrected chi connectivity index (χ0v) is 24.5. The third-order valence-corrected chi connectivity index (χ3v) is 9.01. The lowest BCUT2D eigenvalue weighted by molar-refractivity contribution is -0.109. The van der Waals surface area contributed by atoms with E-state index in [1.807, 2.05) is 35.1 Å². The standard InChI is InChI=1S/C36H34N4OS/c1-28(41)42-35-21-23-39(26-29(35)25-33-20-24-40(38-33)27-34-19-11-12-22-37-34)36(30-13-5-2-6-14-30,31-15-7-3-8-16-31)32-17-9-4-10-18-32/h2-20,22,24-25,35H,21,23,26-27H2,1H3/b29-25-. The summed E-state index contributed by atoms with van der Waals surface area (Å²) in [6.07, 6.45) is 6.85. The summed E-state index contributed by atoms with van der Waals surface area (Å²) in [6.45, 7) is 3.82. The molecule has 5 nitrogen and oxygen atoms in total. The first-order valence-corrected chi connectivity index (χ1v) is 15.2. The van der Waals surface area contributed by atoms with Gasteiger partial charge in [-0.1, -0.05) is 109 Å². The first-order valence-electron chi connectivity index (χ1n) is 14.4. The number of piperidine rings is 1. The molecule has 210 valence electrons. The molecule has 6 heteroatoms. The SMILES string of the molecule is CC(=O)SC1CCN(C(c2ccccc2)(c2ccccc2)c2ccccc2)C/C1=C/c1ccn(Cc2ccccn2)n1. The maximum Gasteiger partial charge on any atom is 0.186 e. The first kappa shape index (κ1) is 27.9. The largest absolute Gasteiger partial charge is 0.288 e. The Morgan fingerprint density at radius 2 is 1.45 bits per heavy atom. The summed E-state index contributed by atoms with van der Waals surface area (Å²) in [7, 11) is 0. The van der Waals surface area contributed by atoms with Gasteiger partial charge in [0.1, 0.15) is 0 Å². The minimum atomic E-state index is -0.507. The molecule has 1 atom stereocenters. The van der Waals surface area contributed by atoms with Gasteiger partial charge in [0.2, 0.25) is 0 Å². The fourth-order valence-electron chi connectivity index (χ4n) is 6.10. The summed E-state index contributed by atoms with van der Waals surface area (Å²) in [6, 6.07) is 40.4. The van der Waals surface area contributed by atoms with E-state index in [-0.39, 0.29) is 10.4 Å². The van der Waals surface area contributed by atoms with Gasteiger partial charge in [0.15, 0.2) is 5.12 Å². The van der Waals surface area contributed by atoms with Crippen LogP contribution >= 0.6 is 11.8 Å². The number of rotatable bonds is 8. The molecule has 0 amide bonds. The van der Waals surface area contributed by atoms with Gasteiger partial charge in [-0.15, -0.1) is 0 Å². The zero-order chi connectivity index (χ0) is 28.8. The van der Waals surface area contributed by atoms with Crippen molar-refractivity contribution in [1.82, 2.24) is 19.7 Å². The van der Waals surface area contributed by atoms with Crippen molar-refractivity contribution in [1.29, 1.82) is 0 Å². The number of aromatic nitrogens is 3. The predicted octanol–water partition coefficient (Wildman–Crippen LogP) is 7.06. The van der Waals surface area contributed by atoms with E-state index in [0.717, 1.165) is 24.4 Å². The van der Waals surface area contributed by atoms with E-state index in [4.69, 9.17) is 5.10 Å². The Kier molecular flexibility index (Phi) is 8.45. The fourth-order valence-corrected chi connectivity index (χ4v) is 7.01. The molecule has 0 bridgehead atoms. The van der Waals surface area contributed by atoms with Crippen LogP contribution in [0.15, 0.2) is 133 Å². The average molecular weight is 571 g/mol. The maximum atomic E-state index is 12.4. The van der Waals surface area contributed by atoms with Crippen LogP contribution < -0.4 is 0 Å². The lowest BCUT2D eigenvalue weighted by atomic mass is 9.74. The van der Waals surface area contributed by atoms with Crippen LogP contribution in [0.2, 0.25) is 0 Å². The van der Waals surface area contributed by atoms with Crippen LogP contribution in [-0.2, 0) is 16.9 Å². The molecule has 42 heavy (non-hydrogen) atoms. The Morgan fingerprint density at radius 1 is 0.857 bits per heavy atom. The van der Waals surface area contributed by atoms with Crippen molar-refractivity contribution in [2.45, 2.75) is 30.7 Å². The summed E-state index contributed by atoms with van der Waals surface area (Å²) in [4.78, 5) is 19.4.